The van der Waals surface area contributed by atoms with Crippen LogP contribution in [0.3, 0.4) is 0 Å². The van der Waals surface area contributed by atoms with Gasteiger partial charge in [-0.1, -0.05) is 26.0 Å². The number of fused-ring (bicyclic) bond motifs is 1. The van der Waals surface area contributed by atoms with Gasteiger partial charge in [0.05, 0.1) is 23.3 Å². The number of hydrogen-bond acceptors (Lipinski definition) is 5. The molecular formula is C17H19N5O2. The third-order valence-electron chi connectivity index (χ3n) is 3.35. The van der Waals surface area contributed by atoms with Crippen molar-refractivity contribution in [2.75, 3.05) is 6.54 Å². The van der Waals surface area contributed by atoms with Crippen molar-refractivity contribution in [1.82, 2.24) is 20.6 Å². The maximum absolute atomic E-state index is 12.4. The molecule has 2 aromatic rings. The van der Waals surface area contributed by atoms with Crippen LogP contribution in [0.4, 0.5) is 0 Å². The van der Waals surface area contributed by atoms with Crippen LogP contribution >= 0.6 is 0 Å². The maximum Gasteiger partial charge on any atom is 0.272 e. The molecule has 0 fully saturated rings. The van der Waals surface area contributed by atoms with Crippen LogP contribution in [-0.4, -0.2) is 34.4 Å². The van der Waals surface area contributed by atoms with Crippen LogP contribution in [-0.2, 0) is 4.79 Å². The van der Waals surface area contributed by atoms with Crippen molar-refractivity contribution in [3.05, 3.63) is 36.2 Å². The molecule has 0 spiro atoms. The van der Waals surface area contributed by atoms with Crippen molar-refractivity contribution in [3.8, 4) is 6.07 Å². The molecule has 1 aromatic carbocycles. The van der Waals surface area contributed by atoms with Gasteiger partial charge < -0.3 is 10.6 Å². The Kier molecular flexibility index (Phi) is 5.79. The SMILES string of the molecule is CC(C)C[C@H](NC(=O)c1cnc2ccccc2n1)C(=O)NCC#N. The normalized spacial score (nSPS) is 11.8. The summed E-state index contributed by atoms with van der Waals surface area (Å²) in [5.41, 5.74) is 1.45. The van der Waals surface area contributed by atoms with E-state index in [-0.39, 0.29) is 24.1 Å². The summed E-state index contributed by atoms with van der Waals surface area (Å²) < 4.78 is 0. The van der Waals surface area contributed by atoms with E-state index >= 15 is 0 Å². The highest BCUT2D eigenvalue weighted by atomic mass is 16.2. The monoisotopic (exact) mass is 325 g/mol. The smallest absolute Gasteiger partial charge is 0.272 e. The lowest BCUT2D eigenvalue weighted by Crippen LogP contribution is -2.47. The number of nitriles is 1. The molecule has 1 aromatic heterocycles. The van der Waals surface area contributed by atoms with E-state index in [0.29, 0.717) is 17.5 Å². The zero-order valence-corrected chi connectivity index (χ0v) is 13.6. The molecule has 0 bridgehead atoms. The second kappa shape index (κ2) is 8.02. The van der Waals surface area contributed by atoms with Gasteiger partial charge in [0.2, 0.25) is 5.91 Å². The Labute approximate surface area is 140 Å². The maximum atomic E-state index is 12.4. The lowest BCUT2D eigenvalue weighted by molar-refractivity contribution is -0.123. The van der Waals surface area contributed by atoms with Gasteiger partial charge in [0.1, 0.15) is 18.3 Å². The second-order valence-corrected chi connectivity index (χ2v) is 5.78. The number of carbonyl (C=O) groups is 2. The molecule has 2 N–H and O–H groups in total. The number of amides is 2. The average molecular weight is 325 g/mol. The first-order valence-corrected chi connectivity index (χ1v) is 7.68. The summed E-state index contributed by atoms with van der Waals surface area (Å²) in [5.74, 6) is -0.649. The number of aromatic nitrogens is 2. The predicted molar refractivity (Wildman–Crippen MR) is 88.9 cm³/mol. The van der Waals surface area contributed by atoms with Crippen molar-refractivity contribution in [2.24, 2.45) is 5.92 Å². The van der Waals surface area contributed by atoms with E-state index in [1.165, 1.54) is 6.20 Å². The highest BCUT2D eigenvalue weighted by molar-refractivity contribution is 5.97. The molecule has 7 nitrogen and oxygen atoms in total. The molecule has 0 aliphatic carbocycles. The Hall–Kier alpha value is -3.01. The van der Waals surface area contributed by atoms with Crippen LogP contribution < -0.4 is 10.6 Å². The fourth-order valence-corrected chi connectivity index (χ4v) is 2.25. The largest absolute Gasteiger partial charge is 0.341 e. The highest BCUT2D eigenvalue weighted by Gasteiger charge is 2.23. The minimum absolute atomic E-state index is 0.0981. The zero-order valence-electron chi connectivity index (χ0n) is 13.6. The number of para-hydroxylation sites is 2. The Bertz CT molecular complexity index is 782. The van der Waals surface area contributed by atoms with Gasteiger partial charge in [-0.25, -0.2) is 4.98 Å². The van der Waals surface area contributed by atoms with Crippen LogP contribution in [0.2, 0.25) is 0 Å². The summed E-state index contributed by atoms with van der Waals surface area (Å²) >= 11 is 0. The third kappa shape index (κ3) is 4.49. The Morgan fingerprint density at radius 1 is 1.25 bits per heavy atom. The molecule has 7 heteroatoms. The molecule has 2 rings (SSSR count). The zero-order chi connectivity index (χ0) is 17.5. The first kappa shape index (κ1) is 17.3. The molecule has 24 heavy (non-hydrogen) atoms. The number of benzene rings is 1. The molecular weight excluding hydrogens is 306 g/mol. The highest BCUT2D eigenvalue weighted by Crippen LogP contribution is 2.10. The molecule has 0 aliphatic heterocycles. The van der Waals surface area contributed by atoms with Gasteiger partial charge in [0, 0.05) is 0 Å². The van der Waals surface area contributed by atoms with Gasteiger partial charge in [-0.05, 0) is 24.5 Å². The standard InChI is InChI=1S/C17H19N5O2/c1-11(2)9-14(16(23)19-8-7-18)22-17(24)15-10-20-12-5-3-4-6-13(12)21-15/h3-6,10-11,14H,8-9H2,1-2H3,(H,19,23)(H,22,24)/t14-/m0/s1. The van der Waals surface area contributed by atoms with E-state index in [9.17, 15) is 9.59 Å². The van der Waals surface area contributed by atoms with Crippen molar-refractivity contribution < 1.29 is 9.59 Å². The molecule has 1 atom stereocenters. The van der Waals surface area contributed by atoms with E-state index in [4.69, 9.17) is 5.26 Å². The lowest BCUT2D eigenvalue weighted by atomic mass is 10.0. The van der Waals surface area contributed by atoms with Gasteiger partial charge in [-0.3, -0.25) is 14.6 Å². The Balaban J connectivity index is 2.15. The van der Waals surface area contributed by atoms with Gasteiger partial charge >= 0.3 is 0 Å². The van der Waals surface area contributed by atoms with Crippen molar-refractivity contribution in [1.29, 1.82) is 5.26 Å². The van der Waals surface area contributed by atoms with E-state index in [2.05, 4.69) is 20.6 Å². The minimum Gasteiger partial charge on any atom is -0.341 e. The minimum atomic E-state index is -0.723. The molecule has 0 saturated heterocycles. The van der Waals surface area contributed by atoms with Crippen molar-refractivity contribution in [2.45, 2.75) is 26.3 Å². The predicted octanol–water partition coefficient (Wildman–Crippen LogP) is 1.41. The number of rotatable bonds is 6. The molecule has 1 heterocycles. The van der Waals surface area contributed by atoms with E-state index < -0.39 is 11.9 Å². The fourth-order valence-electron chi connectivity index (χ4n) is 2.25. The molecule has 0 unspecified atom stereocenters. The average Bonchev–Trinajstić information content (AvgIpc) is 2.58. The summed E-state index contributed by atoms with van der Waals surface area (Å²) in [5, 5.41) is 13.7. The number of nitrogens with one attached hydrogen (secondary N) is 2. The molecule has 2 amide bonds. The van der Waals surface area contributed by atoms with Crippen molar-refractivity contribution >= 4 is 22.8 Å². The van der Waals surface area contributed by atoms with E-state index in [0.717, 1.165) is 0 Å². The third-order valence-corrected chi connectivity index (χ3v) is 3.35. The summed E-state index contributed by atoms with van der Waals surface area (Å²) in [4.78, 5) is 33.0. The molecule has 0 radical (unpaired) electrons. The van der Waals surface area contributed by atoms with Gasteiger partial charge in [-0.15, -0.1) is 0 Å². The number of hydrogen-bond donors (Lipinski definition) is 2. The van der Waals surface area contributed by atoms with Gasteiger partial charge in [0.25, 0.3) is 5.91 Å². The lowest BCUT2D eigenvalue weighted by Gasteiger charge is -2.19. The van der Waals surface area contributed by atoms with Crippen LogP contribution in [0.1, 0.15) is 30.8 Å². The summed E-state index contributed by atoms with van der Waals surface area (Å²) in [7, 11) is 0. The summed E-state index contributed by atoms with van der Waals surface area (Å²) in [6, 6.07) is 8.35. The molecule has 0 aliphatic rings. The summed E-state index contributed by atoms with van der Waals surface area (Å²) in [6.45, 7) is 3.80. The van der Waals surface area contributed by atoms with Crippen LogP contribution in [0.25, 0.3) is 11.0 Å². The first-order chi connectivity index (χ1) is 11.5. The Morgan fingerprint density at radius 3 is 2.62 bits per heavy atom. The quantitative estimate of drug-likeness (QED) is 0.781. The second-order valence-electron chi connectivity index (χ2n) is 5.78. The number of carbonyl (C=O) groups excluding carboxylic acids is 2. The van der Waals surface area contributed by atoms with Crippen LogP contribution in [0.15, 0.2) is 30.5 Å². The van der Waals surface area contributed by atoms with Crippen LogP contribution in [0, 0.1) is 17.2 Å². The van der Waals surface area contributed by atoms with E-state index in [1.807, 2.05) is 32.0 Å². The van der Waals surface area contributed by atoms with Gasteiger partial charge in [0.15, 0.2) is 0 Å². The Morgan fingerprint density at radius 2 is 1.96 bits per heavy atom. The van der Waals surface area contributed by atoms with E-state index in [1.54, 1.807) is 12.1 Å². The van der Waals surface area contributed by atoms with Crippen LogP contribution in [0.5, 0.6) is 0 Å². The summed E-state index contributed by atoms with van der Waals surface area (Å²) in [6.07, 6.45) is 1.85. The fraction of sp³-hybridized carbons (Fsp3) is 0.353. The van der Waals surface area contributed by atoms with Gasteiger partial charge in [-0.2, -0.15) is 5.26 Å². The number of nitrogens with zero attached hydrogens (tertiary/aromatic N) is 3. The molecule has 124 valence electrons. The van der Waals surface area contributed by atoms with Crippen molar-refractivity contribution in [3.63, 3.8) is 0 Å². The first-order valence-electron chi connectivity index (χ1n) is 7.68. The topological polar surface area (TPSA) is 108 Å². The molecule has 0 saturated carbocycles.